The van der Waals surface area contributed by atoms with Gasteiger partial charge in [-0.05, 0) is 42.7 Å². The summed E-state index contributed by atoms with van der Waals surface area (Å²) in [6.45, 7) is 3.92. The molecule has 2 rings (SSSR count). The second-order valence-corrected chi connectivity index (χ2v) is 4.78. The smallest absolute Gasteiger partial charge is 0.159 e. The van der Waals surface area contributed by atoms with Crippen LogP contribution in [0, 0.1) is 25.5 Å². The van der Waals surface area contributed by atoms with Crippen molar-refractivity contribution in [1.29, 1.82) is 0 Å². The van der Waals surface area contributed by atoms with Crippen molar-refractivity contribution in [3.8, 4) is 5.75 Å². The van der Waals surface area contributed by atoms with E-state index in [0.717, 1.165) is 28.8 Å². The van der Waals surface area contributed by atoms with Gasteiger partial charge in [0.25, 0.3) is 0 Å². The maximum atomic E-state index is 13.3. The van der Waals surface area contributed by atoms with Crippen molar-refractivity contribution in [3.63, 3.8) is 0 Å². The van der Waals surface area contributed by atoms with E-state index in [0.29, 0.717) is 11.3 Å². The number of halogens is 2. The fourth-order valence-electron chi connectivity index (χ4n) is 2.21. The summed E-state index contributed by atoms with van der Waals surface area (Å²) in [5.74, 6) is -1.10. The van der Waals surface area contributed by atoms with E-state index >= 15 is 0 Å². The Bertz CT molecular complexity index is 641. The van der Waals surface area contributed by atoms with Crippen LogP contribution >= 0.6 is 0 Å². The second kappa shape index (κ2) is 5.59. The highest BCUT2D eigenvalue weighted by Gasteiger charge is 2.18. The van der Waals surface area contributed by atoms with Gasteiger partial charge in [-0.3, -0.25) is 0 Å². The van der Waals surface area contributed by atoms with E-state index < -0.39 is 17.7 Å². The third-order valence-corrected chi connectivity index (χ3v) is 3.55. The van der Waals surface area contributed by atoms with Gasteiger partial charge in [-0.15, -0.1) is 0 Å². The minimum atomic E-state index is -0.902. The highest BCUT2D eigenvalue weighted by atomic mass is 19.2. The number of nitrogens with two attached hydrogens (primary N) is 1. The number of benzene rings is 2. The first-order valence-corrected chi connectivity index (χ1v) is 6.30. The number of ether oxygens (including phenoxy) is 1. The lowest BCUT2D eigenvalue weighted by molar-refractivity contribution is 0.404. The van der Waals surface area contributed by atoms with Crippen LogP contribution in [0.5, 0.6) is 5.75 Å². The molecule has 1 atom stereocenters. The molecule has 2 N–H and O–H groups in total. The molecular weight excluding hydrogens is 260 g/mol. The lowest BCUT2D eigenvalue weighted by Gasteiger charge is -2.19. The van der Waals surface area contributed by atoms with Crippen molar-refractivity contribution in [2.75, 3.05) is 7.11 Å². The quantitative estimate of drug-likeness (QED) is 0.929. The van der Waals surface area contributed by atoms with Gasteiger partial charge < -0.3 is 10.5 Å². The summed E-state index contributed by atoms with van der Waals surface area (Å²) in [5, 5.41) is 0. The van der Waals surface area contributed by atoms with E-state index in [-0.39, 0.29) is 0 Å². The first-order valence-electron chi connectivity index (χ1n) is 6.30. The van der Waals surface area contributed by atoms with Crippen molar-refractivity contribution in [2.24, 2.45) is 5.73 Å². The fourth-order valence-corrected chi connectivity index (χ4v) is 2.21. The highest BCUT2D eigenvalue weighted by Crippen LogP contribution is 2.33. The van der Waals surface area contributed by atoms with Crippen LogP contribution in [-0.4, -0.2) is 7.11 Å². The molecule has 0 radical (unpaired) electrons. The Morgan fingerprint density at radius 2 is 1.75 bits per heavy atom. The summed E-state index contributed by atoms with van der Waals surface area (Å²) in [4.78, 5) is 0. The third-order valence-electron chi connectivity index (χ3n) is 3.55. The molecular formula is C16H17F2NO. The normalized spacial score (nSPS) is 12.3. The minimum absolute atomic E-state index is 0.505. The van der Waals surface area contributed by atoms with Gasteiger partial charge in [-0.1, -0.05) is 18.2 Å². The molecule has 20 heavy (non-hydrogen) atoms. The number of hydrogen-bond acceptors (Lipinski definition) is 2. The lowest BCUT2D eigenvalue weighted by Crippen LogP contribution is -2.14. The maximum absolute atomic E-state index is 13.3. The Labute approximate surface area is 117 Å². The van der Waals surface area contributed by atoms with E-state index in [1.54, 1.807) is 7.11 Å². The molecule has 106 valence electrons. The van der Waals surface area contributed by atoms with Gasteiger partial charge in [0.1, 0.15) is 5.75 Å². The average molecular weight is 277 g/mol. The van der Waals surface area contributed by atoms with Crippen LogP contribution in [0.1, 0.15) is 28.3 Å². The third kappa shape index (κ3) is 2.51. The summed E-state index contributed by atoms with van der Waals surface area (Å²) >= 11 is 0. The van der Waals surface area contributed by atoms with E-state index in [1.807, 2.05) is 26.0 Å². The first kappa shape index (κ1) is 14.5. The Morgan fingerprint density at radius 3 is 2.35 bits per heavy atom. The zero-order valence-corrected chi connectivity index (χ0v) is 11.7. The molecule has 0 aliphatic rings. The van der Waals surface area contributed by atoms with E-state index in [9.17, 15) is 8.78 Å². The van der Waals surface area contributed by atoms with Crippen LogP contribution in [-0.2, 0) is 0 Å². The van der Waals surface area contributed by atoms with Crippen molar-refractivity contribution >= 4 is 0 Å². The molecule has 0 aliphatic carbocycles. The topological polar surface area (TPSA) is 35.2 Å². The van der Waals surface area contributed by atoms with Gasteiger partial charge in [0.2, 0.25) is 0 Å². The van der Waals surface area contributed by atoms with Crippen molar-refractivity contribution in [3.05, 3.63) is 64.2 Å². The molecule has 0 amide bonds. The Hall–Kier alpha value is -1.94. The van der Waals surface area contributed by atoms with Crippen molar-refractivity contribution in [2.45, 2.75) is 19.9 Å². The number of methoxy groups -OCH3 is 1. The predicted octanol–water partition coefficient (Wildman–Crippen LogP) is 3.64. The Kier molecular flexibility index (Phi) is 4.04. The lowest BCUT2D eigenvalue weighted by atomic mass is 9.95. The van der Waals surface area contributed by atoms with Gasteiger partial charge in [-0.2, -0.15) is 0 Å². The molecule has 0 aliphatic heterocycles. The summed E-state index contributed by atoms with van der Waals surface area (Å²) in [6.07, 6.45) is 0. The van der Waals surface area contributed by atoms with E-state index in [1.165, 1.54) is 6.07 Å². The predicted molar refractivity (Wildman–Crippen MR) is 74.9 cm³/mol. The standard InChI is InChI=1S/C16H17F2NO/c1-9-4-6-12(16(20-3)10(9)2)15(19)11-5-7-13(17)14(18)8-11/h4-8,15H,19H2,1-3H3. The van der Waals surface area contributed by atoms with E-state index in [4.69, 9.17) is 10.5 Å². The molecule has 2 aromatic rings. The van der Waals surface area contributed by atoms with Crippen LogP contribution in [0.25, 0.3) is 0 Å². The maximum Gasteiger partial charge on any atom is 0.159 e. The molecule has 2 aromatic carbocycles. The molecule has 0 saturated carbocycles. The first-order chi connectivity index (χ1) is 9.45. The summed E-state index contributed by atoms with van der Waals surface area (Å²) in [7, 11) is 1.57. The molecule has 4 heteroatoms. The fraction of sp³-hybridized carbons (Fsp3) is 0.250. The van der Waals surface area contributed by atoms with Gasteiger partial charge >= 0.3 is 0 Å². The Morgan fingerprint density at radius 1 is 1.05 bits per heavy atom. The minimum Gasteiger partial charge on any atom is -0.496 e. The highest BCUT2D eigenvalue weighted by molar-refractivity contribution is 5.49. The molecule has 0 heterocycles. The van der Waals surface area contributed by atoms with Crippen molar-refractivity contribution < 1.29 is 13.5 Å². The summed E-state index contributed by atoms with van der Waals surface area (Å²) in [5.41, 5.74) is 9.49. The number of aryl methyl sites for hydroxylation is 1. The molecule has 0 bridgehead atoms. The largest absolute Gasteiger partial charge is 0.496 e. The number of rotatable bonds is 3. The molecule has 0 aromatic heterocycles. The summed E-state index contributed by atoms with van der Waals surface area (Å²) in [6, 6.07) is 6.91. The van der Waals surface area contributed by atoms with Gasteiger partial charge in [-0.25, -0.2) is 8.78 Å². The molecule has 1 unspecified atom stereocenters. The van der Waals surface area contributed by atoms with Crippen LogP contribution < -0.4 is 10.5 Å². The van der Waals surface area contributed by atoms with E-state index in [2.05, 4.69) is 0 Å². The molecule has 2 nitrogen and oxygen atoms in total. The zero-order chi connectivity index (χ0) is 14.9. The van der Waals surface area contributed by atoms with Gasteiger partial charge in [0.15, 0.2) is 11.6 Å². The van der Waals surface area contributed by atoms with Crippen molar-refractivity contribution in [1.82, 2.24) is 0 Å². The number of hydrogen-bond donors (Lipinski definition) is 1. The summed E-state index contributed by atoms with van der Waals surface area (Å²) < 4.78 is 31.7. The van der Waals surface area contributed by atoms with Crippen LogP contribution in [0.4, 0.5) is 8.78 Å². The Balaban J connectivity index is 2.50. The van der Waals surface area contributed by atoms with Gasteiger partial charge in [0.05, 0.1) is 13.2 Å². The van der Waals surface area contributed by atoms with Crippen LogP contribution in [0.15, 0.2) is 30.3 Å². The molecule has 0 spiro atoms. The van der Waals surface area contributed by atoms with Crippen LogP contribution in [0.2, 0.25) is 0 Å². The molecule has 0 fully saturated rings. The van der Waals surface area contributed by atoms with Crippen LogP contribution in [0.3, 0.4) is 0 Å². The average Bonchev–Trinajstić information content (AvgIpc) is 2.44. The monoisotopic (exact) mass is 277 g/mol. The van der Waals surface area contributed by atoms with Gasteiger partial charge in [0, 0.05) is 5.56 Å². The zero-order valence-electron chi connectivity index (χ0n) is 11.7. The molecule has 0 saturated heterocycles. The SMILES string of the molecule is COc1c(C(N)c2ccc(F)c(F)c2)ccc(C)c1C. The second-order valence-electron chi connectivity index (χ2n) is 4.78.